The van der Waals surface area contributed by atoms with Crippen LogP contribution in [-0.2, 0) is 4.79 Å². The maximum Gasteiger partial charge on any atom is 0.303 e. The number of carboxylic acid groups (broad SMARTS) is 1. The Morgan fingerprint density at radius 2 is 2.00 bits per heavy atom. The Balaban J connectivity index is 1.31. The highest BCUT2D eigenvalue weighted by atomic mass is 32.2. The number of aliphatic hydroxyl groups is 1. The van der Waals surface area contributed by atoms with E-state index in [4.69, 9.17) is 10.1 Å². The summed E-state index contributed by atoms with van der Waals surface area (Å²) in [6.07, 6.45) is 6.83. The molecule has 0 aromatic carbocycles. The van der Waals surface area contributed by atoms with E-state index in [1.165, 1.54) is 0 Å². The molecule has 5 aliphatic rings. The molecule has 1 amide bonds. The Kier molecular flexibility index (Phi) is 6.33. The number of carbonyl (C=O) groups is 2. The van der Waals surface area contributed by atoms with Crippen molar-refractivity contribution >= 4 is 29.5 Å². The second kappa shape index (κ2) is 9.10. The third-order valence-corrected chi connectivity index (χ3v) is 9.34. The minimum absolute atomic E-state index is 0.0534. The number of anilines is 1. The number of nitrogens with one attached hydrogen (secondary N) is 1. The summed E-state index contributed by atoms with van der Waals surface area (Å²) >= 11 is 1.62. The third kappa shape index (κ3) is 4.74. The summed E-state index contributed by atoms with van der Waals surface area (Å²) in [6.45, 7) is 3.61. The molecule has 180 valence electrons. The number of thioether (sulfide) groups is 1. The highest BCUT2D eigenvalue weighted by molar-refractivity contribution is 7.99. The zero-order valence-corrected chi connectivity index (χ0v) is 20.1. The molecular weight excluding hydrogens is 438 g/mol. The van der Waals surface area contributed by atoms with E-state index in [-0.39, 0.29) is 24.3 Å². The molecule has 8 heteroatoms. The maximum atomic E-state index is 13.4. The first kappa shape index (κ1) is 23.0. The van der Waals surface area contributed by atoms with Crippen LogP contribution in [0, 0.1) is 23.7 Å². The van der Waals surface area contributed by atoms with Gasteiger partial charge in [0, 0.05) is 25.6 Å². The zero-order valence-electron chi connectivity index (χ0n) is 19.3. The Labute approximate surface area is 199 Å². The molecule has 4 aliphatic carbocycles. The largest absolute Gasteiger partial charge is 0.481 e. The average molecular weight is 474 g/mol. The van der Waals surface area contributed by atoms with Gasteiger partial charge < -0.3 is 20.4 Å². The SMILES string of the molecule is CCCSc1nc(N2CCC(CC(=O)O)C2)ccc1C(=O)NC1C2CC3C[C@@H]1CC(O)(C3)C2. The number of rotatable bonds is 8. The molecule has 5 unspecified atom stereocenters. The van der Waals surface area contributed by atoms with E-state index < -0.39 is 11.6 Å². The highest BCUT2D eigenvalue weighted by Gasteiger charge is 2.55. The van der Waals surface area contributed by atoms with Crippen LogP contribution in [0.15, 0.2) is 17.2 Å². The monoisotopic (exact) mass is 473 g/mol. The Morgan fingerprint density at radius 1 is 1.24 bits per heavy atom. The number of nitrogens with zero attached hydrogens (tertiary/aromatic N) is 2. The molecule has 1 aliphatic heterocycles. The lowest BCUT2D eigenvalue weighted by Gasteiger charge is -2.58. The number of hydrogen-bond donors (Lipinski definition) is 3. The predicted molar refractivity (Wildman–Crippen MR) is 128 cm³/mol. The molecule has 5 fully saturated rings. The van der Waals surface area contributed by atoms with Gasteiger partial charge in [-0.1, -0.05) is 6.92 Å². The smallest absolute Gasteiger partial charge is 0.303 e. The molecule has 1 aromatic rings. The van der Waals surface area contributed by atoms with Crippen molar-refractivity contribution in [3.63, 3.8) is 0 Å². The van der Waals surface area contributed by atoms with E-state index >= 15 is 0 Å². The topological polar surface area (TPSA) is 103 Å². The quantitative estimate of drug-likeness (QED) is 0.496. The summed E-state index contributed by atoms with van der Waals surface area (Å²) in [4.78, 5) is 31.5. The van der Waals surface area contributed by atoms with E-state index in [2.05, 4.69) is 17.1 Å². The summed E-state index contributed by atoms with van der Waals surface area (Å²) < 4.78 is 0. The van der Waals surface area contributed by atoms with Gasteiger partial charge in [-0.15, -0.1) is 11.8 Å². The van der Waals surface area contributed by atoms with Crippen molar-refractivity contribution in [2.45, 2.75) is 75.0 Å². The normalized spacial score (nSPS) is 34.6. The standard InChI is InChI=1S/C25H35N3O4S/c1-2-7-33-24-19(3-4-20(26-24)28-6-5-15(14-28)10-21(29)30)23(31)27-22-17-8-16-9-18(22)13-25(32,11-16)12-17/h3-4,15-18,22,32H,2,5-14H2,1H3,(H,27,31)(H,29,30)/t15?,16?,17-,18?,22?,25?/m1/s1. The number of carbonyl (C=O) groups excluding carboxylic acids is 1. The van der Waals surface area contributed by atoms with Gasteiger partial charge in [0.1, 0.15) is 10.8 Å². The minimum atomic E-state index is -0.752. The van der Waals surface area contributed by atoms with Crippen LogP contribution in [0.2, 0.25) is 0 Å². The molecule has 7 nitrogen and oxygen atoms in total. The predicted octanol–water partition coefficient (Wildman–Crippen LogP) is 3.55. The van der Waals surface area contributed by atoms with Crippen molar-refractivity contribution in [3.05, 3.63) is 17.7 Å². The Bertz CT molecular complexity index is 909. The van der Waals surface area contributed by atoms with Crippen LogP contribution in [0.1, 0.15) is 68.6 Å². The van der Waals surface area contributed by atoms with Gasteiger partial charge >= 0.3 is 5.97 Å². The summed E-state index contributed by atoms with van der Waals surface area (Å²) in [6, 6.07) is 3.95. The van der Waals surface area contributed by atoms with Gasteiger partial charge in [-0.3, -0.25) is 9.59 Å². The molecule has 33 heavy (non-hydrogen) atoms. The molecular formula is C25H35N3O4S. The van der Waals surface area contributed by atoms with E-state index in [0.29, 0.717) is 29.9 Å². The summed E-state index contributed by atoms with van der Waals surface area (Å²) in [5, 5.41) is 24.1. The summed E-state index contributed by atoms with van der Waals surface area (Å²) in [5.41, 5.74) is 0.128. The summed E-state index contributed by atoms with van der Waals surface area (Å²) in [7, 11) is 0. The fraction of sp³-hybridized carbons (Fsp3) is 0.720. The number of carboxylic acids is 1. The number of aromatic nitrogens is 1. The van der Waals surface area contributed by atoms with Gasteiger partial charge in [-0.05, 0) is 86.5 Å². The molecule has 1 saturated heterocycles. The van der Waals surface area contributed by atoms with Crippen molar-refractivity contribution in [2.24, 2.45) is 23.7 Å². The lowest BCUT2D eigenvalue weighted by Crippen LogP contribution is -2.61. The second-order valence-electron chi connectivity index (χ2n) is 10.8. The molecule has 0 radical (unpaired) electrons. The molecule has 4 bridgehead atoms. The molecule has 0 spiro atoms. The van der Waals surface area contributed by atoms with E-state index in [1.54, 1.807) is 11.8 Å². The van der Waals surface area contributed by atoms with Crippen LogP contribution < -0.4 is 10.2 Å². The first-order valence-electron chi connectivity index (χ1n) is 12.5. The van der Waals surface area contributed by atoms with Crippen LogP contribution in [0.3, 0.4) is 0 Å². The lowest BCUT2D eigenvalue weighted by atomic mass is 9.52. The second-order valence-corrected chi connectivity index (χ2v) is 11.8. The van der Waals surface area contributed by atoms with Gasteiger partial charge in [0.25, 0.3) is 5.91 Å². The maximum absolute atomic E-state index is 13.4. The van der Waals surface area contributed by atoms with E-state index in [9.17, 15) is 14.7 Å². The highest BCUT2D eigenvalue weighted by Crippen LogP contribution is 2.55. The van der Waals surface area contributed by atoms with Gasteiger partial charge in [-0.2, -0.15) is 0 Å². The molecule has 6 rings (SSSR count). The van der Waals surface area contributed by atoms with Crippen LogP contribution in [0.25, 0.3) is 0 Å². The Morgan fingerprint density at radius 3 is 2.67 bits per heavy atom. The lowest BCUT2D eigenvalue weighted by molar-refractivity contribution is -0.138. The number of hydrogen-bond acceptors (Lipinski definition) is 6. The number of aliphatic carboxylic acids is 1. The third-order valence-electron chi connectivity index (χ3n) is 8.14. The molecule has 1 aromatic heterocycles. The van der Waals surface area contributed by atoms with Crippen molar-refractivity contribution in [1.29, 1.82) is 0 Å². The van der Waals surface area contributed by atoms with Crippen LogP contribution in [-0.4, -0.2) is 57.6 Å². The average Bonchev–Trinajstić information content (AvgIpc) is 3.21. The van der Waals surface area contributed by atoms with Gasteiger partial charge in [0.05, 0.1) is 11.2 Å². The van der Waals surface area contributed by atoms with Crippen LogP contribution in [0.4, 0.5) is 5.82 Å². The van der Waals surface area contributed by atoms with Crippen LogP contribution >= 0.6 is 11.8 Å². The first-order chi connectivity index (χ1) is 15.8. The van der Waals surface area contributed by atoms with Crippen molar-refractivity contribution in [3.8, 4) is 0 Å². The van der Waals surface area contributed by atoms with E-state index in [0.717, 1.165) is 68.1 Å². The molecule has 4 saturated carbocycles. The fourth-order valence-electron chi connectivity index (χ4n) is 6.99. The minimum Gasteiger partial charge on any atom is -0.481 e. The van der Waals surface area contributed by atoms with E-state index in [1.807, 2.05) is 12.1 Å². The number of amides is 1. The molecule has 3 N–H and O–H groups in total. The summed E-state index contributed by atoms with van der Waals surface area (Å²) in [5.74, 6) is 2.42. The van der Waals surface area contributed by atoms with Gasteiger partial charge in [-0.25, -0.2) is 4.98 Å². The Hall–Kier alpha value is -1.80. The number of pyridine rings is 1. The first-order valence-corrected chi connectivity index (χ1v) is 13.5. The molecule has 6 atom stereocenters. The van der Waals surface area contributed by atoms with Crippen molar-refractivity contribution < 1.29 is 19.8 Å². The van der Waals surface area contributed by atoms with Crippen LogP contribution in [0.5, 0.6) is 0 Å². The van der Waals surface area contributed by atoms with Gasteiger partial charge in [0.15, 0.2) is 0 Å². The zero-order chi connectivity index (χ0) is 23.2. The van der Waals surface area contributed by atoms with Gasteiger partial charge in [0.2, 0.25) is 0 Å². The molecule has 2 heterocycles. The fourth-order valence-corrected chi connectivity index (χ4v) is 7.86. The van der Waals surface area contributed by atoms with Crippen molar-refractivity contribution in [1.82, 2.24) is 10.3 Å². The van der Waals surface area contributed by atoms with Crippen molar-refractivity contribution in [2.75, 3.05) is 23.7 Å².